The first-order chi connectivity index (χ1) is 10.1. The fourth-order valence-corrected chi connectivity index (χ4v) is 3.48. The minimum Gasteiger partial charge on any atom is -0.330 e. The highest BCUT2D eigenvalue weighted by atomic mass is 32.1. The van der Waals surface area contributed by atoms with E-state index in [-0.39, 0.29) is 0 Å². The average molecular weight is 300 g/mol. The monoisotopic (exact) mass is 300 g/mol. The molecule has 2 N–H and O–H groups in total. The first-order valence-corrected chi connectivity index (χ1v) is 7.68. The maximum Gasteiger partial charge on any atom is 0.191 e. The molecular weight excluding hydrogens is 280 g/mol. The second-order valence-electron chi connectivity index (χ2n) is 6.31. The Morgan fingerprint density at radius 1 is 1.52 bits per heavy atom. The summed E-state index contributed by atoms with van der Waals surface area (Å²) in [7, 11) is 0. The summed E-state index contributed by atoms with van der Waals surface area (Å²) in [5.41, 5.74) is 5.47. The van der Waals surface area contributed by atoms with Gasteiger partial charge in [0.2, 0.25) is 0 Å². The van der Waals surface area contributed by atoms with Crippen molar-refractivity contribution in [3.05, 3.63) is 36.2 Å². The summed E-state index contributed by atoms with van der Waals surface area (Å²) in [5, 5.41) is 7.78. The fraction of sp³-hybridized carbons (Fsp3) is 0.438. The molecule has 0 saturated heterocycles. The standard InChI is InChI=1S/C16H20N4S/c1-16(2)12-6-5-11(14(16)8-12)9-18-20-15(21)19-13-4-3-7-17-10-13/h3-5,7,9-10,12,14H,6,8H2,1-2H3,(H2,19,20,21)/t12-,14+/m0/s1. The number of allylic oxidation sites excluding steroid dienone is 2. The van der Waals surface area contributed by atoms with Gasteiger partial charge in [0.05, 0.1) is 18.1 Å². The molecule has 3 aliphatic rings. The molecular formula is C16H20N4S. The lowest BCUT2D eigenvalue weighted by Gasteiger charge is -2.55. The van der Waals surface area contributed by atoms with E-state index in [9.17, 15) is 0 Å². The van der Waals surface area contributed by atoms with Gasteiger partial charge in [-0.3, -0.25) is 10.4 Å². The number of aromatic nitrogens is 1. The number of hydrogen-bond acceptors (Lipinski definition) is 3. The van der Waals surface area contributed by atoms with Crippen molar-refractivity contribution in [1.82, 2.24) is 10.4 Å². The van der Waals surface area contributed by atoms with Gasteiger partial charge in [-0.1, -0.05) is 19.9 Å². The van der Waals surface area contributed by atoms with E-state index in [2.05, 4.69) is 40.8 Å². The Morgan fingerprint density at radius 2 is 2.38 bits per heavy atom. The summed E-state index contributed by atoms with van der Waals surface area (Å²) in [6.45, 7) is 4.71. The lowest BCUT2D eigenvalue weighted by Crippen LogP contribution is -2.48. The average Bonchev–Trinajstić information content (AvgIpc) is 2.48. The Labute approximate surface area is 130 Å². The molecule has 0 aromatic carbocycles. The smallest absolute Gasteiger partial charge is 0.191 e. The van der Waals surface area contributed by atoms with Crippen molar-refractivity contribution in [2.24, 2.45) is 22.4 Å². The van der Waals surface area contributed by atoms with Gasteiger partial charge in [-0.25, -0.2) is 0 Å². The summed E-state index contributed by atoms with van der Waals surface area (Å²) in [6, 6.07) is 3.77. The Kier molecular flexibility index (Phi) is 3.76. The molecule has 0 radical (unpaired) electrons. The maximum absolute atomic E-state index is 5.20. The minimum atomic E-state index is 0.421. The van der Waals surface area contributed by atoms with Crippen molar-refractivity contribution in [1.29, 1.82) is 0 Å². The largest absolute Gasteiger partial charge is 0.330 e. The van der Waals surface area contributed by atoms with Crippen molar-refractivity contribution in [2.75, 3.05) is 5.32 Å². The zero-order chi connectivity index (χ0) is 14.9. The third kappa shape index (κ3) is 2.83. The highest BCUT2D eigenvalue weighted by Gasteiger charge is 2.50. The van der Waals surface area contributed by atoms with Crippen molar-refractivity contribution in [2.45, 2.75) is 26.7 Å². The third-order valence-electron chi connectivity index (χ3n) is 4.81. The van der Waals surface area contributed by atoms with E-state index in [1.54, 1.807) is 12.4 Å². The van der Waals surface area contributed by atoms with Crippen LogP contribution in [0.2, 0.25) is 0 Å². The predicted molar refractivity (Wildman–Crippen MR) is 90.2 cm³/mol. The van der Waals surface area contributed by atoms with Crippen molar-refractivity contribution >= 4 is 29.2 Å². The Morgan fingerprint density at radius 3 is 3.05 bits per heavy atom. The van der Waals surface area contributed by atoms with Crippen LogP contribution in [0.5, 0.6) is 0 Å². The normalized spacial score (nSPS) is 25.9. The highest BCUT2D eigenvalue weighted by Crippen LogP contribution is 2.58. The zero-order valence-electron chi connectivity index (χ0n) is 12.3. The number of hydrazone groups is 1. The van der Waals surface area contributed by atoms with Gasteiger partial charge < -0.3 is 5.32 Å². The van der Waals surface area contributed by atoms with Gasteiger partial charge in [0.1, 0.15) is 0 Å². The van der Waals surface area contributed by atoms with Crippen molar-refractivity contribution < 1.29 is 0 Å². The van der Waals surface area contributed by atoms with Gasteiger partial charge in [0.15, 0.2) is 5.11 Å². The molecule has 1 heterocycles. The topological polar surface area (TPSA) is 49.3 Å². The minimum absolute atomic E-state index is 0.421. The van der Waals surface area contributed by atoms with E-state index >= 15 is 0 Å². The van der Waals surface area contributed by atoms with E-state index in [4.69, 9.17) is 12.2 Å². The number of nitrogens with one attached hydrogen (secondary N) is 2. The summed E-state index contributed by atoms with van der Waals surface area (Å²) >= 11 is 5.20. The van der Waals surface area contributed by atoms with Crippen LogP contribution in [0.1, 0.15) is 26.7 Å². The molecule has 1 fully saturated rings. The molecule has 0 unspecified atom stereocenters. The number of pyridine rings is 1. The lowest BCUT2D eigenvalue weighted by molar-refractivity contribution is -0.00126. The molecule has 5 heteroatoms. The molecule has 4 nitrogen and oxygen atoms in total. The summed E-state index contributed by atoms with van der Waals surface area (Å²) in [4.78, 5) is 4.03. The van der Waals surface area contributed by atoms with Crippen LogP contribution >= 0.6 is 12.2 Å². The van der Waals surface area contributed by atoms with Crippen LogP contribution < -0.4 is 10.7 Å². The van der Waals surface area contributed by atoms with Crippen LogP contribution in [-0.4, -0.2) is 16.3 Å². The molecule has 1 aromatic rings. The van der Waals surface area contributed by atoms with Crippen molar-refractivity contribution in [3.63, 3.8) is 0 Å². The second kappa shape index (κ2) is 5.56. The van der Waals surface area contributed by atoms with Gasteiger partial charge >= 0.3 is 0 Å². The SMILES string of the molecule is CC1(C)[C@H]2CC=C(C=NNC(=S)Nc3cccnc3)[C@H]1C2. The number of anilines is 1. The Bertz CT molecular complexity index is 592. The highest BCUT2D eigenvalue weighted by molar-refractivity contribution is 7.80. The molecule has 0 amide bonds. The third-order valence-corrected chi connectivity index (χ3v) is 5.00. The van der Waals surface area contributed by atoms with E-state index in [1.807, 2.05) is 18.3 Å². The van der Waals surface area contributed by atoms with Crippen LogP contribution in [0.25, 0.3) is 0 Å². The quantitative estimate of drug-likeness (QED) is 0.510. The number of hydrogen-bond donors (Lipinski definition) is 2. The van der Waals surface area contributed by atoms with E-state index in [0.29, 0.717) is 16.4 Å². The molecule has 21 heavy (non-hydrogen) atoms. The number of thiocarbonyl (C=S) groups is 1. The van der Waals surface area contributed by atoms with E-state index in [1.165, 1.54) is 18.4 Å². The van der Waals surface area contributed by atoms with Crippen LogP contribution in [0.3, 0.4) is 0 Å². The van der Waals surface area contributed by atoms with Crippen molar-refractivity contribution in [3.8, 4) is 0 Å². The number of rotatable bonds is 3. The van der Waals surface area contributed by atoms with Gasteiger partial charge in [-0.2, -0.15) is 5.10 Å². The number of nitrogens with zero attached hydrogens (tertiary/aromatic N) is 2. The summed E-state index contributed by atoms with van der Waals surface area (Å²) < 4.78 is 0. The summed E-state index contributed by atoms with van der Waals surface area (Å²) in [5.74, 6) is 1.49. The fourth-order valence-electron chi connectivity index (χ4n) is 3.31. The first-order valence-electron chi connectivity index (χ1n) is 7.27. The van der Waals surface area contributed by atoms with Crippen LogP contribution in [0.4, 0.5) is 5.69 Å². The maximum atomic E-state index is 5.20. The van der Waals surface area contributed by atoms with Crippen LogP contribution in [0, 0.1) is 17.3 Å². The molecule has 1 saturated carbocycles. The van der Waals surface area contributed by atoms with Gasteiger partial charge in [-0.05, 0) is 60.0 Å². The van der Waals surface area contributed by atoms with Crippen LogP contribution in [-0.2, 0) is 0 Å². The number of fused-ring (bicyclic) bond motifs is 1. The molecule has 2 atom stereocenters. The lowest BCUT2D eigenvalue weighted by atomic mass is 9.49. The molecule has 2 bridgehead atoms. The van der Waals surface area contributed by atoms with Gasteiger partial charge in [0.25, 0.3) is 0 Å². The second-order valence-corrected chi connectivity index (χ2v) is 6.72. The molecule has 0 aliphatic heterocycles. The van der Waals surface area contributed by atoms with E-state index < -0.39 is 0 Å². The van der Waals surface area contributed by atoms with Gasteiger partial charge in [-0.15, -0.1) is 0 Å². The Hall–Kier alpha value is -1.75. The molecule has 3 aliphatic carbocycles. The predicted octanol–water partition coefficient (Wildman–Crippen LogP) is 3.35. The molecule has 1 aromatic heterocycles. The summed E-state index contributed by atoms with van der Waals surface area (Å²) in [6.07, 6.45) is 10.1. The zero-order valence-corrected chi connectivity index (χ0v) is 13.2. The first kappa shape index (κ1) is 14.2. The van der Waals surface area contributed by atoms with E-state index in [0.717, 1.165) is 11.6 Å². The Balaban J connectivity index is 1.53. The molecule has 110 valence electrons. The van der Waals surface area contributed by atoms with Crippen LogP contribution in [0.15, 0.2) is 41.3 Å². The van der Waals surface area contributed by atoms with Gasteiger partial charge in [0, 0.05) is 6.20 Å². The molecule has 4 rings (SSSR count). The molecule has 0 spiro atoms.